The predicted octanol–water partition coefficient (Wildman–Crippen LogP) is 2.79. The minimum atomic E-state index is -3.87. The van der Waals surface area contributed by atoms with E-state index in [1.165, 1.54) is 12.1 Å². The van der Waals surface area contributed by atoms with Crippen LogP contribution in [0.2, 0.25) is 0 Å². The first-order valence-electron chi connectivity index (χ1n) is 7.31. The van der Waals surface area contributed by atoms with Crippen LogP contribution in [0.1, 0.15) is 46.1 Å². The van der Waals surface area contributed by atoms with Gasteiger partial charge in [0.15, 0.2) is 0 Å². The van der Waals surface area contributed by atoms with Gasteiger partial charge in [-0.05, 0) is 44.0 Å². The maximum atomic E-state index is 13.9. The van der Waals surface area contributed by atoms with Crippen molar-refractivity contribution in [2.75, 3.05) is 6.54 Å². The molecule has 0 spiro atoms. The number of rotatable bonds is 8. The average Bonchev–Trinajstić information content (AvgIpc) is 2.45. The Morgan fingerprint density at radius 3 is 2.33 bits per heavy atom. The summed E-state index contributed by atoms with van der Waals surface area (Å²) < 4.78 is 41.4. The van der Waals surface area contributed by atoms with Crippen LogP contribution in [0.15, 0.2) is 23.1 Å². The quantitative estimate of drug-likeness (QED) is 0.775. The fourth-order valence-electron chi connectivity index (χ4n) is 1.91. The molecule has 0 aliphatic carbocycles. The molecule has 0 saturated carbocycles. The van der Waals surface area contributed by atoms with Gasteiger partial charge < -0.3 is 5.32 Å². The molecule has 0 radical (unpaired) electrons. The van der Waals surface area contributed by atoms with E-state index in [2.05, 4.69) is 10.0 Å². The van der Waals surface area contributed by atoms with Crippen LogP contribution in [0.5, 0.6) is 0 Å². The molecular formula is C15H25FN2O2S. The van der Waals surface area contributed by atoms with Gasteiger partial charge in [-0.15, -0.1) is 0 Å². The minimum absolute atomic E-state index is 0.286. The molecule has 2 N–H and O–H groups in total. The Kier molecular flexibility index (Phi) is 6.31. The second-order valence-corrected chi connectivity index (χ2v) is 7.07. The van der Waals surface area contributed by atoms with Crippen LogP contribution in [0.4, 0.5) is 4.39 Å². The normalized spacial score (nSPS) is 12.6. The highest BCUT2D eigenvalue weighted by molar-refractivity contribution is 7.89. The van der Waals surface area contributed by atoms with Crippen molar-refractivity contribution in [3.8, 4) is 0 Å². The third-order valence-electron chi connectivity index (χ3n) is 3.81. The number of benzene rings is 1. The monoisotopic (exact) mass is 316 g/mol. The molecule has 0 heterocycles. The van der Waals surface area contributed by atoms with Gasteiger partial charge in [0, 0.05) is 12.1 Å². The number of hydrogen-bond donors (Lipinski definition) is 2. The second-order valence-electron chi connectivity index (χ2n) is 5.42. The molecule has 4 nitrogen and oxygen atoms in total. The summed E-state index contributed by atoms with van der Waals surface area (Å²) in [5.74, 6) is -0.725. The average molecular weight is 316 g/mol. The Labute approximate surface area is 127 Å². The van der Waals surface area contributed by atoms with E-state index in [1.807, 2.05) is 27.7 Å². The largest absolute Gasteiger partial charge is 0.313 e. The first-order valence-corrected chi connectivity index (χ1v) is 8.79. The number of halogens is 1. The van der Waals surface area contributed by atoms with Crippen molar-refractivity contribution in [3.63, 3.8) is 0 Å². The third kappa shape index (κ3) is 4.76. The maximum absolute atomic E-state index is 13.9. The van der Waals surface area contributed by atoms with Gasteiger partial charge >= 0.3 is 0 Å². The molecule has 0 unspecified atom stereocenters. The highest BCUT2D eigenvalue weighted by atomic mass is 32.2. The molecule has 0 aliphatic heterocycles. The lowest BCUT2D eigenvalue weighted by Crippen LogP contribution is -2.45. The maximum Gasteiger partial charge on any atom is 0.243 e. The van der Waals surface area contributed by atoms with Crippen molar-refractivity contribution in [1.82, 2.24) is 10.0 Å². The van der Waals surface area contributed by atoms with Crippen molar-refractivity contribution in [1.29, 1.82) is 0 Å². The van der Waals surface area contributed by atoms with E-state index in [0.29, 0.717) is 19.4 Å². The van der Waals surface area contributed by atoms with Crippen LogP contribution in [0, 0.1) is 5.82 Å². The number of sulfonamides is 1. The van der Waals surface area contributed by atoms with Gasteiger partial charge in [-0.3, -0.25) is 0 Å². The van der Waals surface area contributed by atoms with Crippen molar-refractivity contribution >= 4 is 10.0 Å². The van der Waals surface area contributed by atoms with Gasteiger partial charge in [-0.1, -0.05) is 26.8 Å². The molecule has 1 rings (SSSR count). The second kappa shape index (κ2) is 7.33. The molecular weight excluding hydrogens is 291 g/mol. The standard InChI is InChI=1S/C15H25FN2O2S/c1-5-15(4,6-2)18-21(19,20)14-10-12(11-17-7-3)8-9-13(14)16/h8-10,17-18H,5-7,11H2,1-4H3. The molecule has 0 aliphatic rings. The highest BCUT2D eigenvalue weighted by Gasteiger charge is 2.29. The molecule has 120 valence electrons. The summed E-state index contributed by atoms with van der Waals surface area (Å²) in [4.78, 5) is -0.286. The lowest BCUT2D eigenvalue weighted by atomic mass is 9.98. The molecule has 0 saturated heterocycles. The molecule has 0 bridgehead atoms. The zero-order chi connectivity index (χ0) is 16.1. The summed E-state index contributed by atoms with van der Waals surface area (Å²) in [7, 11) is -3.87. The lowest BCUT2D eigenvalue weighted by Gasteiger charge is -2.28. The molecule has 0 amide bonds. The van der Waals surface area contributed by atoms with E-state index in [-0.39, 0.29) is 4.90 Å². The van der Waals surface area contributed by atoms with Crippen molar-refractivity contribution < 1.29 is 12.8 Å². The first kappa shape index (κ1) is 18.1. The fraction of sp³-hybridized carbons (Fsp3) is 0.600. The van der Waals surface area contributed by atoms with Crippen molar-refractivity contribution in [2.45, 2.75) is 57.5 Å². The smallest absolute Gasteiger partial charge is 0.243 e. The van der Waals surface area contributed by atoms with Gasteiger partial charge in [0.1, 0.15) is 10.7 Å². The van der Waals surface area contributed by atoms with Gasteiger partial charge in [0.25, 0.3) is 0 Å². The summed E-state index contributed by atoms with van der Waals surface area (Å²) in [5.41, 5.74) is 0.177. The SMILES string of the molecule is CCNCc1ccc(F)c(S(=O)(=O)NC(C)(CC)CC)c1. The summed E-state index contributed by atoms with van der Waals surface area (Å²) in [5, 5.41) is 3.10. The Morgan fingerprint density at radius 2 is 1.81 bits per heavy atom. The van der Waals surface area contributed by atoms with E-state index in [1.54, 1.807) is 6.07 Å². The number of nitrogens with one attached hydrogen (secondary N) is 2. The van der Waals surface area contributed by atoms with Crippen LogP contribution in [-0.4, -0.2) is 20.5 Å². The van der Waals surface area contributed by atoms with Crippen molar-refractivity contribution in [2.24, 2.45) is 0 Å². The van der Waals surface area contributed by atoms with E-state index in [9.17, 15) is 12.8 Å². The van der Waals surface area contributed by atoms with Gasteiger partial charge in [0.2, 0.25) is 10.0 Å². The summed E-state index contributed by atoms with van der Waals surface area (Å²) in [6, 6.07) is 4.19. The van der Waals surface area contributed by atoms with Gasteiger partial charge in [-0.2, -0.15) is 0 Å². The zero-order valence-corrected chi connectivity index (χ0v) is 14.0. The van der Waals surface area contributed by atoms with Crippen LogP contribution in [-0.2, 0) is 16.6 Å². The molecule has 21 heavy (non-hydrogen) atoms. The summed E-state index contributed by atoms with van der Waals surface area (Å²) in [6.07, 6.45) is 1.28. The van der Waals surface area contributed by atoms with Crippen LogP contribution >= 0.6 is 0 Å². The van der Waals surface area contributed by atoms with E-state index < -0.39 is 21.4 Å². The minimum Gasteiger partial charge on any atom is -0.313 e. The molecule has 0 atom stereocenters. The Morgan fingerprint density at radius 1 is 1.19 bits per heavy atom. The van der Waals surface area contributed by atoms with Crippen LogP contribution < -0.4 is 10.0 Å². The van der Waals surface area contributed by atoms with Crippen LogP contribution in [0.3, 0.4) is 0 Å². The lowest BCUT2D eigenvalue weighted by molar-refractivity contribution is 0.387. The number of hydrogen-bond acceptors (Lipinski definition) is 3. The molecule has 1 aromatic carbocycles. The van der Waals surface area contributed by atoms with Crippen molar-refractivity contribution in [3.05, 3.63) is 29.6 Å². The molecule has 6 heteroatoms. The van der Waals surface area contributed by atoms with E-state index >= 15 is 0 Å². The Balaban J connectivity index is 3.12. The summed E-state index contributed by atoms with van der Waals surface area (Å²) in [6.45, 7) is 8.87. The third-order valence-corrected chi connectivity index (χ3v) is 5.46. The Hall–Kier alpha value is -0.980. The van der Waals surface area contributed by atoms with Gasteiger partial charge in [-0.25, -0.2) is 17.5 Å². The predicted molar refractivity (Wildman–Crippen MR) is 83.1 cm³/mol. The Bertz CT molecular complexity index is 569. The topological polar surface area (TPSA) is 58.2 Å². The summed E-state index contributed by atoms with van der Waals surface area (Å²) >= 11 is 0. The van der Waals surface area contributed by atoms with Crippen LogP contribution in [0.25, 0.3) is 0 Å². The first-order chi connectivity index (χ1) is 9.78. The highest BCUT2D eigenvalue weighted by Crippen LogP contribution is 2.21. The molecule has 0 fully saturated rings. The molecule has 0 aromatic heterocycles. The van der Waals surface area contributed by atoms with E-state index in [0.717, 1.165) is 12.1 Å². The molecule has 1 aromatic rings. The van der Waals surface area contributed by atoms with E-state index in [4.69, 9.17) is 0 Å². The fourth-order valence-corrected chi connectivity index (χ4v) is 3.59. The zero-order valence-electron chi connectivity index (χ0n) is 13.2. The van der Waals surface area contributed by atoms with Gasteiger partial charge in [0.05, 0.1) is 0 Å².